The van der Waals surface area contributed by atoms with Crippen LogP contribution in [0.1, 0.15) is 471 Å². The molecule has 0 bridgehead atoms. The van der Waals surface area contributed by atoms with Gasteiger partial charge in [0.1, 0.15) is 19.3 Å². The zero-order chi connectivity index (χ0) is 76.7. The molecule has 5 atom stereocenters. The van der Waals surface area contributed by atoms with Crippen molar-refractivity contribution < 1.29 is 80.2 Å². The number of carbonyl (C=O) groups excluding carboxylic acids is 4. The number of unbranched alkanes of at least 4 members (excludes halogenated alkanes) is 61. The van der Waals surface area contributed by atoms with Crippen molar-refractivity contribution in [3.05, 3.63) is 0 Å². The molecule has 17 nitrogen and oxygen atoms in total. The van der Waals surface area contributed by atoms with Crippen LogP contribution in [-0.2, 0) is 65.4 Å². The van der Waals surface area contributed by atoms with Crippen LogP contribution in [0.2, 0.25) is 0 Å². The van der Waals surface area contributed by atoms with Crippen LogP contribution in [0.15, 0.2) is 0 Å². The maximum atomic E-state index is 13.1. The molecular weight excluding hydrogens is 1370 g/mol. The molecule has 0 aromatic rings. The summed E-state index contributed by atoms with van der Waals surface area (Å²) in [5.74, 6) is -2.10. The molecular formula is C86H168O17P2. The zero-order valence-corrected chi connectivity index (χ0v) is 70.5. The molecule has 0 aliphatic rings. The summed E-state index contributed by atoms with van der Waals surface area (Å²) in [6.07, 6.45) is 75.1. The Bertz CT molecular complexity index is 1980. The molecule has 0 amide bonds. The molecule has 3 N–H and O–H groups in total. The Morgan fingerprint density at radius 1 is 0.229 bits per heavy atom. The van der Waals surface area contributed by atoms with Crippen molar-refractivity contribution >= 4 is 39.5 Å². The number of phosphoric acid groups is 2. The lowest BCUT2D eigenvalue weighted by atomic mass is 10.0. The van der Waals surface area contributed by atoms with E-state index in [-0.39, 0.29) is 25.7 Å². The normalized spacial score (nSPS) is 13.7. The molecule has 0 aliphatic carbocycles. The highest BCUT2D eigenvalue weighted by Crippen LogP contribution is 2.45. The van der Waals surface area contributed by atoms with Crippen molar-refractivity contribution in [3.8, 4) is 0 Å². The number of carbonyl (C=O) groups is 4. The van der Waals surface area contributed by atoms with E-state index in [1.807, 2.05) is 0 Å². The Labute approximate surface area is 645 Å². The van der Waals surface area contributed by atoms with E-state index in [0.29, 0.717) is 25.7 Å². The van der Waals surface area contributed by atoms with Gasteiger partial charge in [0.15, 0.2) is 12.2 Å². The van der Waals surface area contributed by atoms with E-state index in [4.69, 9.17) is 37.0 Å². The maximum Gasteiger partial charge on any atom is 0.472 e. The number of aliphatic hydroxyl groups excluding tert-OH is 1. The predicted molar refractivity (Wildman–Crippen MR) is 432 cm³/mol. The van der Waals surface area contributed by atoms with Gasteiger partial charge in [-0.1, -0.05) is 419 Å². The molecule has 0 heterocycles. The summed E-state index contributed by atoms with van der Waals surface area (Å²) in [4.78, 5) is 73.2. The molecule has 0 aromatic carbocycles. The summed E-state index contributed by atoms with van der Waals surface area (Å²) in [5, 5.41) is 10.7. The van der Waals surface area contributed by atoms with Crippen molar-refractivity contribution in [2.45, 2.75) is 489 Å². The molecule has 0 fully saturated rings. The fraction of sp³-hybridized carbons (Fsp3) is 0.953. The minimum absolute atomic E-state index is 0.109. The minimum atomic E-state index is -4.96. The number of hydrogen-bond donors (Lipinski definition) is 3. The fourth-order valence-electron chi connectivity index (χ4n) is 13.5. The van der Waals surface area contributed by atoms with Crippen molar-refractivity contribution in [1.29, 1.82) is 0 Å². The summed E-state index contributed by atoms with van der Waals surface area (Å²) < 4.78 is 68.9. The van der Waals surface area contributed by atoms with Gasteiger partial charge in [-0.15, -0.1) is 0 Å². The minimum Gasteiger partial charge on any atom is -0.462 e. The largest absolute Gasteiger partial charge is 0.472 e. The van der Waals surface area contributed by atoms with Gasteiger partial charge in [0.25, 0.3) is 0 Å². The van der Waals surface area contributed by atoms with Crippen LogP contribution in [-0.4, -0.2) is 96.7 Å². The highest BCUT2D eigenvalue weighted by atomic mass is 31.2. The van der Waals surface area contributed by atoms with E-state index in [1.54, 1.807) is 0 Å². The third kappa shape index (κ3) is 79.9. The van der Waals surface area contributed by atoms with Gasteiger partial charge >= 0.3 is 39.5 Å². The average Bonchev–Trinajstić information content (AvgIpc) is 0.906. The molecule has 19 heteroatoms. The van der Waals surface area contributed by atoms with Crippen LogP contribution in [0.3, 0.4) is 0 Å². The van der Waals surface area contributed by atoms with Crippen molar-refractivity contribution in [3.63, 3.8) is 0 Å². The van der Waals surface area contributed by atoms with Gasteiger partial charge in [0.2, 0.25) is 0 Å². The molecule has 0 rings (SSSR count). The number of esters is 4. The third-order valence-corrected chi connectivity index (χ3v) is 22.3. The van der Waals surface area contributed by atoms with Gasteiger partial charge in [0, 0.05) is 25.7 Å². The second kappa shape index (κ2) is 80.1. The Morgan fingerprint density at radius 2 is 0.381 bits per heavy atom. The van der Waals surface area contributed by atoms with Crippen molar-refractivity contribution in [2.75, 3.05) is 39.6 Å². The number of hydrogen-bond acceptors (Lipinski definition) is 15. The second-order valence-corrected chi connectivity index (χ2v) is 33.8. The number of phosphoric ester groups is 2. The van der Waals surface area contributed by atoms with Crippen LogP contribution >= 0.6 is 15.6 Å². The lowest BCUT2D eigenvalue weighted by Gasteiger charge is -2.21. The lowest BCUT2D eigenvalue weighted by molar-refractivity contribution is -0.161. The summed E-state index contributed by atoms with van der Waals surface area (Å²) >= 11 is 0. The SMILES string of the molecule is CCCCCCCCCCCCCCCCCCCCCCCC(=O)O[C@H](COC(=O)CCCCCCCCCCCCCCCCCCCCC)COP(=O)(O)OC[C@@H](O)COP(=O)(O)OC[C@@H](COC(=O)CCCCCCCCCCC)OC(=O)CCCCCCCCCCCCCCCCCC. The fourth-order valence-corrected chi connectivity index (χ4v) is 15.1. The standard InChI is InChI=1S/C86H168O17P2/c1-5-9-13-17-21-25-28-31-34-37-39-40-42-44-47-50-53-57-61-65-69-73-86(91)103-82(77-97-84(89)71-67-63-59-55-51-48-46-43-41-38-35-32-29-26-22-18-14-10-6-2)79-101-105(94,95)99-75-80(87)74-98-104(92,93)100-78-81(76-96-83(88)70-66-62-58-54-24-20-16-12-8-4)102-85(90)72-68-64-60-56-52-49-45-36-33-30-27-23-19-15-11-7-3/h80-82,87H,5-79H2,1-4H3,(H,92,93)(H,94,95)/t80-,81+,82+/m0/s1. The Hall–Kier alpha value is -1.94. The average molecular weight is 1540 g/mol. The second-order valence-electron chi connectivity index (χ2n) is 30.9. The van der Waals surface area contributed by atoms with Crippen LogP contribution in [0.25, 0.3) is 0 Å². The van der Waals surface area contributed by atoms with Gasteiger partial charge in [-0.25, -0.2) is 9.13 Å². The van der Waals surface area contributed by atoms with Crippen LogP contribution in [0.4, 0.5) is 0 Å². The number of aliphatic hydroxyl groups is 1. The van der Waals surface area contributed by atoms with E-state index < -0.39 is 97.5 Å². The van der Waals surface area contributed by atoms with Crippen molar-refractivity contribution in [2.24, 2.45) is 0 Å². The van der Waals surface area contributed by atoms with Crippen LogP contribution in [0.5, 0.6) is 0 Å². The Morgan fingerprint density at radius 3 is 0.562 bits per heavy atom. The first-order chi connectivity index (χ1) is 51.2. The highest BCUT2D eigenvalue weighted by Gasteiger charge is 2.30. The molecule has 0 radical (unpaired) electrons. The van der Waals surface area contributed by atoms with E-state index in [1.165, 1.54) is 302 Å². The van der Waals surface area contributed by atoms with Gasteiger partial charge in [-0.2, -0.15) is 0 Å². The molecule has 0 aromatic heterocycles. The monoisotopic (exact) mass is 1540 g/mol. The summed E-state index contributed by atoms with van der Waals surface area (Å²) in [6.45, 7) is 5.04. The molecule has 105 heavy (non-hydrogen) atoms. The summed E-state index contributed by atoms with van der Waals surface area (Å²) in [5.41, 5.74) is 0. The summed E-state index contributed by atoms with van der Waals surface area (Å²) in [7, 11) is -9.92. The van der Waals surface area contributed by atoms with E-state index in [9.17, 15) is 43.2 Å². The van der Waals surface area contributed by atoms with Gasteiger partial charge in [-0.05, 0) is 25.7 Å². The molecule has 0 saturated heterocycles. The molecule has 0 saturated carbocycles. The smallest absolute Gasteiger partial charge is 0.462 e. The van der Waals surface area contributed by atoms with E-state index in [2.05, 4.69) is 27.7 Å². The first-order valence-electron chi connectivity index (χ1n) is 44.8. The van der Waals surface area contributed by atoms with Gasteiger partial charge in [-0.3, -0.25) is 37.3 Å². The predicted octanol–water partition coefficient (Wildman–Crippen LogP) is 26.5. The van der Waals surface area contributed by atoms with Gasteiger partial charge in [0.05, 0.1) is 26.4 Å². The molecule has 624 valence electrons. The van der Waals surface area contributed by atoms with E-state index >= 15 is 0 Å². The molecule has 0 spiro atoms. The summed E-state index contributed by atoms with van der Waals surface area (Å²) in [6, 6.07) is 0. The third-order valence-electron chi connectivity index (χ3n) is 20.4. The zero-order valence-electron chi connectivity index (χ0n) is 68.7. The topological polar surface area (TPSA) is 237 Å². The Kier molecular flexibility index (Phi) is 78.6. The van der Waals surface area contributed by atoms with Crippen LogP contribution < -0.4 is 0 Å². The first kappa shape index (κ1) is 103. The Balaban J connectivity index is 5.20. The highest BCUT2D eigenvalue weighted by molar-refractivity contribution is 7.47. The van der Waals surface area contributed by atoms with Gasteiger partial charge < -0.3 is 33.8 Å². The lowest BCUT2D eigenvalue weighted by Crippen LogP contribution is -2.30. The van der Waals surface area contributed by atoms with Crippen molar-refractivity contribution in [1.82, 2.24) is 0 Å². The first-order valence-corrected chi connectivity index (χ1v) is 47.8. The number of rotatable bonds is 87. The quantitative estimate of drug-likeness (QED) is 0.0222. The number of ether oxygens (including phenoxy) is 4. The molecule has 2 unspecified atom stereocenters. The van der Waals surface area contributed by atoms with Crippen LogP contribution in [0, 0.1) is 0 Å². The molecule has 0 aliphatic heterocycles. The van der Waals surface area contributed by atoms with E-state index in [0.717, 1.165) is 89.9 Å². The maximum absolute atomic E-state index is 13.1.